The van der Waals surface area contributed by atoms with Gasteiger partial charge in [0.25, 0.3) is 0 Å². The number of hydrogen-bond acceptors (Lipinski definition) is 3. The van der Waals surface area contributed by atoms with Crippen LogP contribution in [-0.2, 0) is 6.42 Å². The topological polar surface area (TPSA) is 41.5 Å². The van der Waals surface area contributed by atoms with Crippen molar-refractivity contribution in [2.24, 2.45) is 5.92 Å². The van der Waals surface area contributed by atoms with Crippen LogP contribution >= 0.6 is 15.9 Å². The van der Waals surface area contributed by atoms with Gasteiger partial charge in [0.05, 0.1) is 12.7 Å². The van der Waals surface area contributed by atoms with E-state index in [0.29, 0.717) is 5.92 Å². The minimum atomic E-state index is -0.429. The number of nitrogens with one attached hydrogen (secondary N) is 1. The molecule has 3 nitrogen and oxygen atoms in total. The molecule has 2 aliphatic rings. The van der Waals surface area contributed by atoms with Crippen molar-refractivity contribution >= 4 is 15.9 Å². The van der Waals surface area contributed by atoms with E-state index in [4.69, 9.17) is 4.74 Å². The van der Waals surface area contributed by atoms with Crippen LogP contribution in [-0.4, -0.2) is 24.8 Å². The number of piperidine rings is 1. The average Bonchev–Trinajstić information content (AvgIpc) is 2.86. The molecule has 0 saturated carbocycles. The normalized spacial score (nSPS) is 24.4. The summed E-state index contributed by atoms with van der Waals surface area (Å²) in [4.78, 5) is 0. The quantitative estimate of drug-likeness (QED) is 0.881. The van der Waals surface area contributed by atoms with E-state index in [1.807, 2.05) is 6.07 Å². The van der Waals surface area contributed by atoms with E-state index < -0.39 is 6.10 Å². The lowest BCUT2D eigenvalue weighted by atomic mass is 9.88. The molecule has 2 N–H and O–H groups in total. The van der Waals surface area contributed by atoms with Crippen LogP contribution in [0.15, 0.2) is 16.6 Å². The van der Waals surface area contributed by atoms with Crippen LogP contribution in [0.3, 0.4) is 0 Å². The molecule has 0 aromatic heterocycles. The summed E-state index contributed by atoms with van der Waals surface area (Å²) in [6.45, 7) is 2.69. The summed E-state index contributed by atoms with van der Waals surface area (Å²) in [5.41, 5.74) is 2.16. The van der Waals surface area contributed by atoms with Gasteiger partial charge in [-0.1, -0.05) is 15.9 Å². The molecule has 1 aromatic carbocycles. The van der Waals surface area contributed by atoms with Gasteiger partial charge < -0.3 is 15.2 Å². The van der Waals surface area contributed by atoms with Crippen molar-refractivity contribution in [3.8, 4) is 5.75 Å². The van der Waals surface area contributed by atoms with Crippen molar-refractivity contribution in [1.29, 1.82) is 0 Å². The van der Waals surface area contributed by atoms with Crippen molar-refractivity contribution in [3.63, 3.8) is 0 Å². The fourth-order valence-corrected chi connectivity index (χ4v) is 3.44. The molecular formula is C14H18BrNO2. The Morgan fingerprint density at radius 3 is 3.11 bits per heavy atom. The highest BCUT2D eigenvalue weighted by Gasteiger charge is 2.28. The summed E-state index contributed by atoms with van der Waals surface area (Å²) in [6.07, 6.45) is 2.73. The molecule has 2 aliphatic heterocycles. The van der Waals surface area contributed by atoms with Crippen molar-refractivity contribution in [1.82, 2.24) is 5.32 Å². The number of hydrogen-bond donors (Lipinski definition) is 2. The molecule has 1 aromatic rings. The maximum Gasteiger partial charge on any atom is 0.128 e. The lowest BCUT2D eigenvalue weighted by Gasteiger charge is -2.28. The smallest absolute Gasteiger partial charge is 0.128 e. The van der Waals surface area contributed by atoms with Gasteiger partial charge >= 0.3 is 0 Å². The number of aliphatic hydroxyl groups excluding tert-OH is 1. The van der Waals surface area contributed by atoms with Gasteiger partial charge in [-0.2, -0.15) is 0 Å². The monoisotopic (exact) mass is 311 g/mol. The van der Waals surface area contributed by atoms with Gasteiger partial charge in [-0.15, -0.1) is 0 Å². The van der Waals surface area contributed by atoms with Gasteiger partial charge in [-0.05, 0) is 37.1 Å². The molecule has 98 valence electrons. The molecule has 1 fully saturated rings. The third kappa shape index (κ3) is 2.29. The number of benzene rings is 1. The minimum Gasteiger partial charge on any atom is -0.493 e. The molecule has 0 aliphatic carbocycles. The lowest BCUT2D eigenvalue weighted by molar-refractivity contribution is 0.0895. The van der Waals surface area contributed by atoms with Crippen molar-refractivity contribution in [2.45, 2.75) is 25.4 Å². The zero-order valence-corrected chi connectivity index (χ0v) is 11.9. The van der Waals surface area contributed by atoms with Crippen LogP contribution in [0.4, 0.5) is 0 Å². The van der Waals surface area contributed by atoms with Crippen LogP contribution in [0.25, 0.3) is 0 Å². The first-order chi connectivity index (χ1) is 8.75. The molecule has 2 heterocycles. The Bertz CT molecular complexity index is 444. The second kappa shape index (κ2) is 5.19. The highest BCUT2D eigenvalue weighted by Crippen LogP contribution is 2.39. The number of rotatable bonds is 2. The van der Waals surface area contributed by atoms with E-state index in [9.17, 15) is 5.11 Å². The summed E-state index contributed by atoms with van der Waals surface area (Å²) in [6, 6.07) is 4.10. The molecule has 0 radical (unpaired) electrons. The molecule has 4 heteroatoms. The SMILES string of the molecule is OC(c1cc(Br)cc2c1OCC2)C1CCCNC1. The fourth-order valence-electron chi connectivity index (χ4n) is 2.92. The van der Waals surface area contributed by atoms with Crippen molar-refractivity contribution < 1.29 is 9.84 Å². The number of aliphatic hydroxyl groups is 1. The number of ether oxygens (including phenoxy) is 1. The Kier molecular flexibility index (Phi) is 3.59. The minimum absolute atomic E-state index is 0.293. The number of fused-ring (bicyclic) bond motifs is 1. The zero-order valence-electron chi connectivity index (χ0n) is 10.3. The van der Waals surface area contributed by atoms with Crippen LogP contribution < -0.4 is 10.1 Å². The Hall–Kier alpha value is -0.580. The standard InChI is InChI=1S/C14H18BrNO2/c15-11-6-9-3-5-18-14(9)12(7-11)13(17)10-2-1-4-16-8-10/h6-7,10,13,16-17H,1-5,8H2. The summed E-state index contributed by atoms with van der Waals surface area (Å²) in [5, 5.41) is 13.9. The van der Waals surface area contributed by atoms with Crippen LogP contribution in [0.5, 0.6) is 5.75 Å². The highest BCUT2D eigenvalue weighted by molar-refractivity contribution is 9.10. The van der Waals surface area contributed by atoms with Crippen LogP contribution in [0.1, 0.15) is 30.1 Å². The summed E-state index contributed by atoms with van der Waals surface area (Å²) in [5.74, 6) is 1.21. The molecule has 0 bridgehead atoms. The van der Waals surface area contributed by atoms with Crippen LogP contribution in [0, 0.1) is 5.92 Å². The zero-order chi connectivity index (χ0) is 12.5. The van der Waals surface area contributed by atoms with Crippen molar-refractivity contribution in [2.75, 3.05) is 19.7 Å². The van der Waals surface area contributed by atoms with E-state index in [-0.39, 0.29) is 0 Å². The van der Waals surface area contributed by atoms with E-state index in [0.717, 1.165) is 54.7 Å². The highest BCUT2D eigenvalue weighted by atomic mass is 79.9. The first-order valence-electron chi connectivity index (χ1n) is 6.59. The molecule has 2 unspecified atom stereocenters. The van der Waals surface area contributed by atoms with Gasteiger partial charge in [0.1, 0.15) is 5.75 Å². The predicted molar refractivity (Wildman–Crippen MR) is 73.9 cm³/mol. The van der Waals surface area contributed by atoms with E-state index in [1.54, 1.807) is 0 Å². The van der Waals surface area contributed by atoms with Gasteiger partial charge in [0.15, 0.2) is 0 Å². The Morgan fingerprint density at radius 2 is 2.33 bits per heavy atom. The predicted octanol–water partition coefficient (Wildman–Crippen LogP) is 2.42. The number of halogens is 1. The molecule has 0 amide bonds. The van der Waals surface area contributed by atoms with Crippen LogP contribution in [0.2, 0.25) is 0 Å². The molecular weight excluding hydrogens is 294 g/mol. The molecule has 2 atom stereocenters. The molecule has 18 heavy (non-hydrogen) atoms. The first kappa shape index (κ1) is 12.5. The second-order valence-corrected chi connectivity index (χ2v) is 6.05. The lowest BCUT2D eigenvalue weighted by Crippen LogP contribution is -2.33. The largest absolute Gasteiger partial charge is 0.493 e. The van der Waals surface area contributed by atoms with Crippen molar-refractivity contribution in [3.05, 3.63) is 27.7 Å². The molecule has 3 rings (SSSR count). The van der Waals surface area contributed by atoms with Gasteiger partial charge in [-0.3, -0.25) is 0 Å². The third-order valence-corrected chi connectivity index (χ3v) is 4.34. The maximum absolute atomic E-state index is 10.6. The first-order valence-corrected chi connectivity index (χ1v) is 7.39. The summed E-state index contributed by atoms with van der Waals surface area (Å²) in [7, 11) is 0. The Labute approximate surface area is 116 Å². The second-order valence-electron chi connectivity index (χ2n) is 5.13. The average molecular weight is 312 g/mol. The molecule has 0 spiro atoms. The third-order valence-electron chi connectivity index (χ3n) is 3.88. The Morgan fingerprint density at radius 1 is 1.44 bits per heavy atom. The summed E-state index contributed by atoms with van der Waals surface area (Å²) < 4.78 is 6.73. The fraction of sp³-hybridized carbons (Fsp3) is 0.571. The molecule has 1 saturated heterocycles. The maximum atomic E-state index is 10.6. The van der Waals surface area contributed by atoms with E-state index in [2.05, 4.69) is 27.3 Å². The van der Waals surface area contributed by atoms with Gasteiger partial charge in [0.2, 0.25) is 0 Å². The van der Waals surface area contributed by atoms with Gasteiger partial charge in [-0.25, -0.2) is 0 Å². The summed E-state index contributed by atoms with van der Waals surface area (Å²) >= 11 is 3.53. The van der Waals surface area contributed by atoms with Gasteiger partial charge in [0, 0.05) is 28.9 Å². The Balaban J connectivity index is 1.91. The van der Waals surface area contributed by atoms with E-state index >= 15 is 0 Å². The van der Waals surface area contributed by atoms with E-state index in [1.165, 1.54) is 5.56 Å².